The monoisotopic (exact) mass is 256 g/mol. The Hall–Kier alpha value is -1.14. The zero-order valence-corrected chi connectivity index (χ0v) is 11.2. The molecule has 2 unspecified atom stereocenters. The molecule has 1 heterocycles. The minimum atomic E-state index is -0.195. The summed E-state index contributed by atoms with van der Waals surface area (Å²) in [5.41, 5.74) is 0. The third kappa shape index (κ3) is 5.46. The SMILES string of the molecule is CCCNC(=O)CCNC(=O)C1CNC(C)CN1. The van der Waals surface area contributed by atoms with Crippen molar-refractivity contribution in [1.29, 1.82) is 0 Å². The van der Waals surface area contributed by atoms with Crippen LogP contribution in [0.1, 0.15) is 26.7 Å². The Kier molecular flexibility index (Phi) is 6.67. The first kappa shape index (κ1) is 14.9. The van der Waals surface area contributed by atoms with Crippen LogP contribution in [-0.4, -0.2) is 50.1 Å². The number of amides is 2. The highest BCUT2D eigenvalue weighted by Gasteiger charge is 2.22. The largest absolute Gasteiger partial charge is 0.356 e. The summed E-state index contributed by atoms with van der Waals surface area (Å²) in [5, 5.41) is 11.9. The van der Waals surface area contributed by atoms with Gasteiger partial charge in [-0.2, -0.15) is 0 Å². The highest BCUT2D eigenvalue weighted by molar-refractivity contribution is 5.83. The van der Waals surface area contributed by atoms with Gasteiger partial charge < -0.3 is 21.3 Å². The van der Waals surface area contributed by atoms with E-state index in [0.717, 1.165) is 13.0 Å². The first-order chi connectivity index (χ1) is 8.63. The molecular formula is C12H24N4O2. The Bertz CT molecular complexity index is 275. The molecule has 0 spiro atoms. The second-order valence-electron chi connectivity index (χ2n) is 4.66. The smallest absolute Gasteiger partial charge is 0.238 e. The maximum Gasteiger partial charge on any atom is 0.238 e. The van der Waals surface area contributed by atoms with Crippen molar-refractivity contribution in [2.75, 3.05) is 26.2 Å². The first-order valence-electron chi connectivity index (χ1n) is 6.64. The van der Waals surface area contributed by atoms with E-state index in [0.29, 0.717) is 32.1 Å². The second kappa shape index (κ2) is 8.05. The zero-order valence-electron chi connectivity index (χ0n) is 11.2. The number of hydrogen-bond acceptors (Lipinski definition) is 4. The molecule has 1 fully saturated rings. The van der Waals surface area contributed by atoms with Crippen molar-refractivity contribution in [3.63, 3.8) is 0 Å². The summed E-state index contributed by atoms with van der Waals surface area (Å²) >= 11 is 0. The van der Waals surface area contributed by atoms with Crippen LogP contribution in [-0.2, 0) is 9.59 Å². The molecule has 104 valence electrons. The third-order valence-electron chi connectivity index (χ3n) is 2.88. The summed E-state index contributed by atoms with van der Waals surface area (Å²) in [6, 6.07) is 0.203. The van der Waals surface area contributed by atoms with Crippen LogP contribution in [0, 0.1) is 0 Å². The second-order valence-corrected chi connectivity index (χ2v) is 4.66. The number of carbonyl (C=O) groups is 2. The lowest BCUT2D eigenvalue weighted by molar-refractivity contribution is -0.124. The number of carbonyl (C=O) groups excluding carboxylic acids is 2. The van der Waals surface area contributed by atoms with Crippen molar-refractivity contribution in [3.05, 3.63) is 0 Å². The fourth-order valence-electron chi connectivity index (χ4n) is 1.74. The van der Waals surface area contributed by atoms with Gasteiger partial charge in [-0.05, 0) is 13.3 Å². The normalized spacial score (nSPS) is 23.4. The predicted octanol–water partition coefficient (Wildman–Crippen LogP) is -1.03. The fourth-order valence-corrected chi connectivity index (χ4v) is 1.74. The lowest BCUT2D eigenvalue weighted by Gasteiger charge is -2.28. The molecule has 1 aliphatic heterocycles. The van der Waals surface area contributed by atoms with Crippen molar-refractivity contribution >= 4 is 11.8 Å². The molecule has 2 amide bonds. The molecule has 0 bridgehead atoms. The van der Waals surface area contributed by atoms with Crippen LogP contribution in [0.25, 0.3) is 0 Å². The lowest BCUT2D eigenvalue weighted by Crippen LogP contribution is -2.59. The quantitative estimate of drug-likeness (QED) is 0.490. The Morgan fingerprint density at radius 2 is 1.94 bits per heavy atom. The Labute approximate surface area is 108 Å². The lowest BCUT2D eigenvalue weighted by atomic mass is 10.1. The maximum absolute atomic E-state index is 11.8. The number of rotatable bonds is 6. The highest BCUT2D eigenvalue weighted by Crippen LogP contribution is 1.93. The van der Waals surface area contributed by atoms with Gasteiger partial charge in [-0.3, -0.25) is 9.59 Å². The van der Waals surface area contributed by atoms with Gasteiger partial charge in [0.25, 0.3) is 0 Å². The molecular weight excluding hydrogens is 232 g/mol. The van der Waals surface area contributed by atoms with Gasteiger partial charge in [0.2, 0.25) is 11.8 Å². The molecule has 0 radical (unpaired) electrons. The standard InChI is InChI=1S/C12H24N4O2/c1-3-5-13-11(17)4-6-14-12(18)10-8-15-9(2)7-16-10/h9-10,15-16H,3-8H2,1-2H3,(H,13,17)(H,14,18). The fraction of sp³-hybridized carbons (Fsp3) is 0.833. The first-order valence-corrected chi connectivity index (χ1v) is 6.64. The van der Waals surface area contributed by atoms with Crippen LogP contribution >= 0.6 is 0 Å². The van der Waals surface area contributed by atoms with Gasteiger partial charge in [-0.25, -0.2) is 0 Å². The van der Waals surface area contributed by atoms with Crippen molar-refractivity contribution in [2.24, 2.45) is 0 Å². The van der Waals surface area contributed by atoms with Gasteiger partial charge in [0, 0.05) is 38.6 Å². The predicted molar refractivity (Wildman–Crippen MR) is 70.2 cm³/mol. The molecule has 0 aromatic carbocycles. The van der Waals surface area contributed by atoms with E-state index >= 15 is 0 Å². The van der Waals surface area contributed by atoms with Crippen LogP contribution in [0.5, 0.6) is 0 Å². The van der Waals surface area contributed by atoms with E-state index in [-0.39, 0.29) is 17.9 Å². The van der Waals surface area contributed by atoms with E-state index in [9.17, 15) is 9.59 Å². The van der Waals surface area contributed by atoms with Gasteiger partial charge in [0.15, 0.2) is 0 Å². The van der Waals surface area contributed by atoms with Crippen molar-refractivity contribution in [2.45, 2.75) is 38.8 Å². The summed E-state index contributed by atoms with van der Waals surface area (Å²) in [6.45, 7) is 6.58. The number of hydrogen-bond donors (Lipinski definition) is 4. The minimum Gasteiger partial charge on any atom is -0.356 e. The summed E-state index contributed by atoms with van der Waals surface area (Å²) in [4.78, 5) is 23.1. The van der Waals surface area contributed by atoms with Crippen LogP contribution in [0.15, 0.2) is 0 Å². The van der Waals surface area contributed by atoms with Gasteiger partial charge in [0.05, 0.1) is 6.04 Å². The van der Waals surface area contributed by atoms with Crippen LogP contribution < -0.4 is 21.3 Å². The van der Waals surface area contributed by atoms with Crippen LogP contribution in [0.3, 0.4) is 0 Å². The summed E-state index contributed by atoms with van der Waals surface area (Å²) in [5.74, 6) is -0.0572. The molecule has 0 aromatic heterocycles. The molecule has 6 nitrogen and oxygen atoms in total. The van der Waals surface area contributed by atoms with Crippen LogP contribution in [0.4, 0.5) is 0 Å². The van der Waals surface area contributed by atoms with Crippen molar-refractivity contribution < 1.29 is 9.59 Å². The van der Waals surface area contributed by atoms with Gasteiger partial charge in [-0.15, -0.1) is 0 Å². The van der Waals surface area contributed by atoms with E-state index in [1.165, 1.54) is 0 Å². The average molecular weight is 256 g/mol. The summed E-state index contributed by atoms with van der Waals surface area (Å²) in [7, 11) is 0. The Morgan fingerprint density at radius 1 is 1.17 bits per heavy atom. The summed E-state index contributed by atoms with van der Waals surface area (Å²) in [6.07, 6.45) is 1.26. The molecule has 18 heavy (non-hydrogen) atoms. The van der Waals surface area contributed by atoms with E-state index in [4.69, 9.17) is 0 Å². The molecule has 1 aliphatic rings. The average Bonchev–Trinajstić information content (AvgIpc) is 2.37. The Morgan fingerprint density at radius 3 is 2.56 bits per heavy atom. The highest BCUT2D eigenvalue weighted by atomic mass is 16.2. The molecule has 1 saturated heterocycles. The van der Waals surface area contributed by atoms with E-state index in [2.05, 4.69) is 28.2 Å². The molecule has 2 atom stereocenters. The zero-order chi connectivity index (χ0) is 13.4. The molecule has 4 N–H and O–H groups in total. The topological polar surface area (TPSA) is 82.3 Å². The van der Waals surface area contributed by atoms with E-state index < -0.39 is 0 Å². The van der Waals surface area contributed by atoms with Gasteiger partial charge in [0.1, 0.15) is 0 Å². The Balaban J connectivity index is 2.11. The molecule has 6 heteroatoms. The van der Waals surface area contributed by atoms with E-state index in [1.54, 1.807) is 0 Å². The maximum atomic E-state index is 11.8. The van der Waals surface area contributed by atoms with Gasteiger partial charge in [-0.1, -0.05) is 6.92 Å². The molecule has 0 saturated carbocycles. The number of piperazine rings is 1. The molecule has 0 aliphatic carbocycles. The van der Waals surface area contributed by atoms with Crippen LogP contribution in [0.2, 0.25) is 0 Å². The minimum absolute atomic E-state index is 0.0134. The van der Waals surface area contributed by atoms with Crippen molar-refractivity contribution in [1.82, 2.24) is 21.3 Å². The van der Waals surface area contributed by atoms with E-state index in [1.807, 2.05) is 6.92 Å². The van der Waals surface area contributed by atoms with Gasteiger partial charge >= 0.3 is 0 Å². The summed E-state index contributed by atoms with van der Waals surface area (Å²) < 4.78 is 0. The van der Waals surface area contributed by atoms with Crippen molar-refractivity contribution in [3.8, 4) is 0 Å². The number of nitrogens with one attached hydrogen (secondary N) is 4. The molecule has 1 rings (SSSR count). The molecule has 0 aromatic rings. The third-order valence-corrected chi connectivity index (χ3v) is 2.88.